The van der Waals surface area contributed by atoms with Gasteiger partial charge in [0.25, 0.3) is 0 Å². The van der Waals surface area contributed by atoms with E-state index in [-0.39, 0.29) is 37.1 Å². The standard InChI is InChI=1S/C16H27B2O9P/c1-4-9-13(24-8(3)20)12(26-15(9)17)7-23-28(21,22)27-14-10(5-2)16(18)25-11(14)6-19/h4-5,9-16,19H,1-2,6-7,17-18H2,3H3,(H,21,22)/t9-,10-,11+,12+,13?,14?,15+,16+/m0/s1. The van der Waals surface area contributed by atoms with E-state index in [4.69, 9.17) is 23.3 Å². The normalized spacial score (nSPS) is 40.0. The molecule has 9 nitrogen and oxygen atoms in total. The van der Waals surface area contributed by atoms with Crippen molar-refractivity contribution in [2.75, 3.05) is 13.2 Å². The average Bonchev–Trinajstić information content (AvgIpc) is 3.07. The lowest BCUT2D eigenvalue weighted by Crippen LogP contribution is -2.35. The number of phosphoric ester groups is 1. The first-order valence-electron chi connectivity index (χ1n) is 9.13. The maximum atomic E-state index is 12.5. The van der Waals surface area contributed by atoms with Gasteiger partial charge in [-0.1, -0.05) is 12.2 Å². The van der Waals surface area contributed by atoms with Crippen molar-refractivity contribution < 1.29 is 42.6 Å². The number of hydrogen-bond donors (Lipinski definition) is 2. The molecule has 0 aromatic rings. The van der Waals surface area contributed by atoms with Crippen molar-refractivity contribution in [3.63, 3.8) is 0 Å². The molecule has 0 aromatic heterocycles. The molecular formula is C16H27B2O9P. The Balaban J connectivity index is 2.03. The zero-order valence-electron chi connectivity index (χ0n) is 16.3. The number of ether oxygens (including phenoxy) is 3. The topological polar surface area (TPSA) is 121 Å². The van der Waals surface area contributed by atoms with Crippen molar-refractivity contribution >= 4 is 29.5 Å². The molecule has 28 heavy (non-hydrogen) atoms. The third-order valence-corrected chi connectivity index (χ3v) is 6.02. The lowest BCUT2D eigenvalue weighted by Gasteiger charge is -2.25. The van der Waals surface area contributed by atoms with Crippen molar-refractivity contribution in [3.8, 4) is 0 Å². The van der Waals surface area contributed by atoms with Gasteiger partial charge in [-0.05, 0) is 0 Å². The molecule has 2 aliphatic rings. The number of rotatable bonds is 9. The molecule has 2 N–H and O–H groups in total. The lowest BCUT2D eigenvalue weighted by atomic mass is 9.85. The Kier molecular flexibility index (Phi) is 8.10. The summed E-state index contributed by atoms with van der Waals surface area (Å²) in [6, 6.07) is -0.636. The fourth-order valence-electron chi connectivity index (χ4n) is 3.69. The number of hydrogen-bond acceptors (Lipinski definition) is 8. The molecule has 3 unspecified atom stereocenters. The monoisotopic (exact) mass is 416 g/mol. The van der Waals surface area contributed by atoms with E-state index in [0.717, 1.165) is 0 Å². The van der Waals surface area contributed by atoms with Gasteiger partial charge < -0.3 is 24.2 Å². The fourth-order valence-corrected chi connectivity index (χ4v) is 4.67. The van der Waals surface area contributed by atoms with E-state index in [1.165, 1.54) is 6.92 Å². The molecule has 0 bridgehead atoms. The Morgan fingerprint density at radius 1 is 1.14 bits per heavy atom. The Bertz CT molecular complexity index is 633. The first kappa shape index (κ1) is 23.3. The van der Waals surface area contributed by atoms with Crippen LogP contribution in [0.4, 0.5) is 0 Å². The summed E-state index contributed by atoms with van der Waals surface area (Å²) in [6.45, 7) is 7.97. The van der Waals surface area contributed by atoms with Gasteiger partial charge in [-0.3, -0.25) is 13.8 Å². The number of phosphoric acid groups is 1. The highest BCUT2D eigenvalue weighted by Crippen LogP contribution is 2.49. The molecule has 9 atom stereocenters. The van der Waals surface area contributed by atoms with Crippen molar-refractivity contribution in [2.45, 2.75) is 43.3 Å². The molecule has 2 saturated heterocycles. The van der Waals surface area contributed by atoms with Gasteiger partial charge in [0.1, 0.15) is 40.1 Å². The van der Waals surface area contributed by atoms with Crippen LogP contribution in [-0.4, -0.2) is 81.3 Å². The summed E-state index contributed by atoms with van der Waals surface area (Å²) in [5.74, 6) is -1.16. The highest BCUT2D eigenvalue weighted by atomic mass is 31.2. The third kappa shape index (κ3) is 5.36. The summed E-state index contributed by atoms with van der Waals surface area (Å²) in [5, 5.41) is 9.44. The molecule has 0 aliphatic carbocycles. The van der Waals surface area contributed by atoms with Gasteiger partial charge in [-0.2, -0.15) is 0 Å². The molecule has 2 aliphatic heterocycles. The minimum absolute atomic E-state index is 0.274. The quantitative estimate of drug-likeness (QED) is 0.205. The van der Waals surface area contributed by atoms with Crippen LogP contribution in [0.3, 0.4) is 0 Å². The zero-order chi connectivity index (χ0) is 21.1. The number of esters is 1. The zero-order valence-corrected chi connectivity index (χ0v) is 17.2. The van der Waals surface area contributed by atoms with Crippen LogP contribution in [-0.2, 0) is 32.6 Å². The van der Waals surface area contributed by atoms with Gasteiger partial charge in [0.2, 0.25) is 0 Å². The molecule has 0 amide bonds. The first-order chi connectivity index (χ1) is 13.1. The Hall–Kier alpha value is -0.930. The van der Waals surface area contributed by atoms with E-state index in [2.05, 4.69) is 13.2 Å². The number of aliphatic hydroxyl groups excluding tert-OH is 1. The molecular weight excluding hydrogens is 389 g/mol. The molecule has 0 spiro atoms. The second kappa shape index (κ2) is 9.71. The van der Waals surface area contributed by atoms with E-state index >= 15 is 0 Å². The second-order valence-electron chi connectivity index (χ2n) is 6.98. The fraction of sp³-hybridized carbons (Fsp3) is 0.688. The molecule has 0 radical (unpaired) electrons. The summed E-state index contributed by atoms with van der Waals surface area (Å²) >= 11 is 0. The van der Waals surface area contributed by atoms with E-state index in [1.807, 2.05) is 0 Å². The van der Waals surface area contributed by atoms with Gasteiger partial charge in [0, 0.05) is 30.8 Å². The SMILES string of the molecule is B[C@@H]1O[C@H](COP(=O)(O)OC2[C@@H](CO)O[C@@H](B)[C@H]2C=C)C(OC(C)=O)[C@@H]1C=C. The van der Waals surface area contributed by atoms with Crippen LogP contribution in [0.15, 0.2) is 25.3 Å². The van der Waals surface area contributed by atoms with Crippen LogP contribution in [0.1, 0.15) is 6.92 Å². The van der Waals surface area contributed by atoms with Gasteiger partial charge >= 0.3 is 13.8 Å². The summed E-state index contributed by atoms with van der Waals surface area (Å²) in [4.78, 5) is 21.5. The molecule has 156 valence electrons. The van der Waals surface area contributed by atoms with Gasteiger partial charge in [0.05, 0.1) is 13.2 Å². The summed E-state index contributed by atoms with van der Waals surface area (Å²) < 4.78 is 39.4. The highest BCUT2D eigenvalue weighted by molar-refractivity contribution is 7.47. The largest absolute Gasteiger partial charge is 0.472 e. The van der Waals surface area contributed by atoms with Crippen LogP contribution in [0.25, 0.3) is 0 Å². The van der Waals surface area contributed by atoms with E-state index in [1.54, 1.807) is 27.8 Å². The van der Waals surface area contributed by atoms with E-state index < -0.39 is 38.2 Å². The average molecular weight is 416 g/mol. The summed E-state index contributed by atoms with van der Waals surface area (Å²) in [6.07, 6.45) is 0.0636. The maximum absolute atomic E-state index is 12.5. The number of aliphatic hydroxyl groups is 1. The molecule has 12 heteroatoms. The maximum Gasteiger partial charge on any atom is 0.472 e. The lowest BCUT2D eigenvalue weighted by molar-refractivity contribution is -0.151. The molecule has 0 saturated carbocycles. The highest BCUT2D eigenvalue weighted by Gasteiger charge is 2.47. The minimum atomic E-state index is -4.52. The molecule has 0 aromatic carbocycles. The third-order valence-electron chi connectivity index (χ3n) is 5.04. The molecule has 2 rings (SSSR count). The van der Waals surface area contributed by atoms with Crippen LogP contribution >= 0.6 is 7.82 Å². The minimum Gasteiger partial charge on any atom is -0.459 e. The molecule has 2 fully saturated rings. The van der Waals surface area contributed by atoms with Crippen molar-refractivity contribution in [1.82, 2.24) is 0 Å². The second-order valence-corrected chi connectivity index (χ2v) is 8.38. The van der Waals surface area contributed by atoms with Crippen LogP contribution in [0.2, 0.25) is 0 Å². The number of carbonyl (C=O) groups is 1. The Morgan fingerprint density at radius 3 is 2.18 bits per heavy atom. The summed E-state index contributed by atoms with van der Waals surface area (Å²) in [7, 11) is -0.970. The van der Waals surface area contributed by atoms with E-state index in [0.29, 0.717) is 0 Å². The van der Waals surface area contributed by atoms with Crippen LogP contribution < -0.4 is 0 Å². The van der Waals surface area contributed by atoms with E-state index in [9.17, 15) is 19.4 Å². The van der Waals surface area contributed by atoms with Crippen molar-refractivity contribution in [2.24, 2.45) is 11.8 Å². The Labute approximate surface area is 166 Å². The molecule has 2 heterocycles. The van der Waals surface area contributed by atoms with Gasteiger partial charge in [0.15, 0.2) is 0 Å². The van der Waals surface area contributed by atoms with Crippen LogP contribution in [0.5, 0.6) is 0 Å². The smallest absolute Gasteiger partial charge is 0.459 e. The summed E-state index contributed by atoms with van der Waals surface area (Å²) in [5.41, 5.74) is 0. The van der Waals surface area contributed by atoms with Gasteiger partial charge in [-0.15, -0.1) is 13.2 Å². The van der Waals surface area contributed by atoms with Crippen LogP contribution in [0, 0.1) is 11.8 Å². The first-order valence-corrected chi connectivity index (χ1v) is 10.6. The number of carbonyl (C=O) groups excluding carboxylic acids is 1. The predicted molar refractivity (Wildman–Crippen MR) is 105 cm³/mol. The Morgan fingerprint density at radius 2 is 1.68 bits per heavy atom. The van der Waals surface area contributed by atoms with Crippen molar-refractivity contribution in [3.05, 3.63) is 25.3 Å². The van der Waals surface area contributed by atoms with Crippen molar-refractivity contribution in [1.29, 1.82) is 0 Å². The van der Waals surface area contributed by atoms with Gasteiger partial charge in [-0.25, -0.2) is 4.57 Å². The predicted octanol–water partition coefficient (Wildman–Crippen LogP) is -1.27.